The molecule has 0 saturated heterocycles. The molecule has 10 heavy (non-hydrogen) atoms. The van der Waals surface area contributed by atoms with Crippen molar-refractivity contribution in [2.75, 3.05) is 20.3 Å². The van der Waals surface area contributed by atoms with E-state index in [0.717, 1.165) is 6.42 Å². The SMILES string of the molecule is COCCCNC(=O)C#N. The molecule has 0 radical (unpaired) electrons. The lowest BCUT2D eigenvalue weighted by molar-refractivity contribution is -0.115. The molecule has 0 aromatic rings. The molecule has 4 nitrogen and oxygen atoms in total. The molecule has 0 rings (SSSR count). The average Bonchev–Trinajstić information content (AvgIpc) is 1.98. The van der Waals surface area contributed by atoms with Crippen LogP contribution < -0.4 is 5.32 Å². The number of hydrogen-bond acceptors (Lipinski definition) is 3. The van der Waals surface area contributed by atoms with Gasteiger partial charge in [-0.1, -0.05) is 0 Å². The van der Waals surface area contributed by atoms with Gasteiger partial charge in [0, 0.05) is 20.3 Å². The highest BCUT2D eigenvalue weighted by Gasteiger charge is 1.93. The second-order valence-corrected chi connectivity index (χ2v) is 1.71. The van der Waals surface area contributed by atoms with Gasteiger partial charge in [-0.15, -0.1) is 0 Å². The summed E-state index contributed by atoms with van der Waals surface area (Å²) in [6.45, 7) is 1.10. The summed E-state index contributed by atoms with van der Waals surface area (Å²) in [4.78, 5) is 10.3. The molecular weight excluding hydrogens is 132 g/mol. The lowest BCUT2D eigenvalue weighted by Crippen LogP contribution is -2.23. The normalized spacial score (nSPS) is 8.40. The molecule has 0 aliphatic carbocycles. The first-order chi connectivity index (χ1) is 4.81. The molecule has 1 amide bonds. The van der Waals surface area contributed by atoms with Gasteiger partial charge in [0.2, 0.25) is 0 Å². The molecule has 0 saturated carbocycles. The Bertz CT molecular complexity index is 139. The number of carbonyl (C=O) groups is 1. The minimum absolute atomic E-state index is 0.500. The largest absolute Gasteiger partial charge is 0.385 e. The summed E-state index contributed by atoms with van der Waals surface area (Å²) in [5.74, 6) is -0.587. The second kappa shape index (κ2) is 6.05. The summed E-state index contributed by atoms with van der Waals surface area (Å²) < 4.78 is 4.72. The topological polar surface area (TPSA) is 62.1 Å². The molecule has 0 aromatic carbocycles. The van der Waals surface area contributed by atoms with E-state index in [0.29, 0.717) is 13.2 Å². The van der Waals surface area contributed by atoms with E-state index in [1.165, 1.54) is 6.07 Å². The Morgan fingerprint density at radius 3 is 3.00 bits per heavy atom. The van der Waals surface area contributed by atoms with Gasteiger partial charge in [0.1, 0.15) is 0 Å². The average molecular weight is 142 g/mol. The number of rotatable bonds is 4. The summed E-state index contributed by atoms with van der Waals surface area (Å²) in [7, 11) is 1.59. The number of ether oxygens (including phenoxy) is 1. The Labute approximate surface area is 59.8 Å². The number of carbonyl (C=O) groups excluding carboxylic acids is 1. The van der Waals surface area contributed by atoms with Crippen molar-refractivity contribution in [2.45, 2.75) is 6.42 Å². The van der Waals surface area contributed by atoms with Crippen LogP contribution in [0.25, 0.3) is 0 Å². The van der Waals surface area contributed by atoms with E-state index in [2.05, 4.69) is 5.32 Å². The van der Waals surface area contributed by atoms with E-state index in [4.69, 9.17) is 10.00 Å². The molecule has 0 fully saturated rings. The van der Waals surface area contributed by atoms with Crippen LogP contribution in [0.3, 0.4) is 0 Å². The molecule has 0 bridgehead atoms. The zero-order chi connectivity index (χ0) is 7.82. The van der Waals surface area contributed by atoms with Crippen molar-refractivity contribution >= 4 is 5.91 Å². The summed E-state index contributed by atoms with van der Waals surface area (Å²) in [5, 5.41) is 10.4. The second-order valence-electron chi connectivity index (χ2n) is 1.71. The summed E-state index contributed by atoms with van der Waals surface area (Å²) in [6.07, 6.45) is 0.740. The van der Waals surface area contributed by atoms with E-state index in [1.54, 1.807) is 7.11 Å². The van der Waals surface area contributed by atoms with Crippen LogP contribution in [-0.4, -0.2) is 26.2 Å². The van der Waals surface area contributed by atoms with Gasteiger partial charge in [-0.05, 0) is 6.42 Å². The Kier molecular flexibility index (Phi) is 5.39. The van der Waals surface area contributed by atoms with E-state index in [1.807, 2.05) is 0 Å². The quantitative estimate of drug-likeness (QED) is 0.431. The van der Waals surface area contributed by atoms with Crippen LogP contribution >= 0.6 is 0 Å². The molecular formula is C6H10N2O2. The first-order valence-electron chi connectivity index (χ1n) is 2.98. The minimum Gasteiger partial charge on any atom is -0.385 e. The van der Waals surface area contributed by atoms with Gasteiger partial charge < -0.3 is 10.1 Å². The molecule has 0 aliphatic rings. The summed E-state index contributed by atoms with van der Waals surface area (Å²) in [5.41, 5.74) is 0. The molecule has 0 aromatic heterocycles. The van der Waals surface area contributed by atoms with Gasteiger partial charge >= 0.3 is 5.91 Å². The minimum atomic E-state index is -0.587. The van der Waals surface area contributed by atoms with Crippen molar-refractivity contribution in [3.63, 3.8) is 0 Å². The van der Waals surface area contributed by atoms with Crippen LogP contribution in [0.2, 0.25) is 0 Å². The predicted octanol–water partition coefficient (Wildman–Crippen LogP) is -0.337. The fourth-order valence-electron chi connectivity index (χ4n) is 0.458. The van der Waals surface area contributed by atoms with Gasteiger partial charge in [-0.2, -0.15) is 5.26 Å². The highest BCUT2D eigenvalue weighted by molar-refractivity contribution is 5.91. The molecule has 4 heteroatoms. The number of amides is 1. The molecule has 0 spiro atoms. The van der Waals surface area contributed by atoms with Gasteiger partial charge in [0.25, 0.3) is 0 Å². The first-order valence-corrected chi connectivity index (χ1v) is 2.98. The number of methoxy groups -OCH3 is 1. The van der Waals surface area contributed by atoms with Gasteiger partial charge in [-0.25, -0.2) is 0 Å². The lowest BCUT2D eigenvalue weighted by Gasteiger charge is -1.97. The van der Waals surface area contributed by atoms with Crippen molar-refractivity contribution in [2.24, 2.45) is 0 Å². The maximum Gasteiger partial charge on any atom is 0.322 e. The van der Waals surface area contributed by atoms with Gasteiger partial charge in [-0.3, -0.25) is 4.79 Å². The van der Waals surface area contributed by atoms with Gasteiger partial charge in [0.05, 0.1) is 0 Å². The third kappa shape index (κ3) is 5.06. The monoisotopic (exact) mass is 142 g/mol. The van der Waals surface area contributed by atoms with Crippen molar-refractivity contribution in [1.82, 2.24) is 5.32 Å². The molecule has 0 aliphatic heterocycles. The van der Waals surface area contributed by atoms with Crippen molar-refractivity contribution in [3.8, 4) is 6.07 Å². The van der Waals surface area contributed by atoms with Crippen LogP contribution in [0.5, 0.6) is 0 Å². The van der Waals surface area contributed by atoms with Crippen LogP contribution in [0.15, 0.2) is 0 Å². The van der Waals surface area contributed by atoms with Crippen LogP contribution in [0.4, 0.5) is 0 Å². The number of nitrogens with one attached hydrogen (secondary N) is 1. The lowest BCUT2D eigenvalue weighted by atomic mass is 10.4. The third-order valence-electron chi connectivity index (χ3n) is 0.912. The summed E-state index contributed by atoms with van der Waals surface area (Å²) in [6, 6.07) is 1.45. The van der Waals surface area contributed by atoms with Crippen LogP contribution in [0.1, 0.15) is 6.42 Å². The predicted molar refractivity (Wildman–Crippen MR) is 35.1 cm³/mol. The Morgan fingerprint density at radius 2 is 2.50 bits per heavy atom. The zero-order valence-corrected chi connectivity index (χ0v) is 5.89. The zero-order valence-electron chi connectivity index (χ0n) is 5.89. The maximum absolute atomic E-state index is 10.3. The smallest absolute Gasteiger partial charge is 0.322 e. The Hall–Kier alpha value is -1.08. The fourth-order valence-corrected chi connectivity index (χ4v) is 0.458. The number of nitriles is 1. The standard InChI is InChI=1S/C6H10N2O2/c1-10-4-2-3-8-6(9)5-7/h2-4H2,1H3,(H,8,9). The van der Waals surface area contributed by atoms with Crippen molar-refractivity contribution in [3.05, 3.63) is 0 Å². The molecule has 0 unspecified atom stereocenters. The number of hydrogen-bond donors (Lipinski definition) is 1. The first kappa shape index (κ1) is 8.92. The van der Waals surface area contributed by atoms with Crippen molar-refractivity contribution < 1.29 is 9.53 Å². The Balaban J connectivity index is 3.06. The van der Waals surface area contributed by atoms with E-state index in [9.17, 15) is 4.79 Å². The molecule has 0 heterocycles. The maximum atomic E-state index is 10.3. The summed E-state index contributed by atoms with van der Waals surface area (Å²) >= 11 is 0. The van der Waals surface area contributed by atoms with E-state index < -0.39 is 5.91 Å². The van der Waals surface area contributed by atoms with Crippen molar-refractivity contribution in [1.29, 1.82) is 5.26 Å². The Morgan fingerprint density at radius 1 is 1.80 bits per heavy atom. The third-order valence-corrected chi connectivity index (χ3v) is 0.912. The highest BCUT2D eigenvalue weighted by Crippen LogP contribution is 1.75. The highest BCUT2D eigenvalue weighted by atomic mass is 16.5. The number of nitrogens with zero attached hydrogens (tertiary/aromatic N) is 1. The molecule has 56 valence electrons. The van der Waals surface area contributed by atoms with E-state index in [-0.39, 0.29) is 0 Å². The van der Waals surface area contributed by atoms with Crippen LogP contribution in [0, 0.1) is 11.3 Å². The van der Waals surface area contributed by atoms with E-state index >= 15 is 0 Å². The molecule has 0 atom stereocenters. The fraction of sp³-hybridized carbons (Fsp3) is 0.667. The molecule has 1 N–H and O–H groups in total. The van der Waals surface area contributed by atoms with Crippen LogP contribution in [-0.2, 0) is 9.53 Å². The van der Waals surface area contributed by atoms with Gasteiger partial charge in [0.15, 0.2) is 6.07 Å².